The Bertz CT molecular complexity index is 1760. The van der Waals surface area contributed by atoms with Crippen LogP contribution in [0.2, 0.25) is 4.34 Å². The minimum atomic E-state index is -3.86. The smallest absolute Gasteiger partial charge is 0.333 e. The Hall–Kier alpha value is -3.28. The van der Waals surface area contributed by atoms with Crippen LogP contribution in [0.1, 0.15) is 18.4 Å². The first kappa shape index (κ1) is 25.4. The fraction of sp³-hybridized carbons (Fsp3) is 0.240. The van der Waals surface area contributed by atoms with Gasteiger partial charge in [0.2, 0.25) is 0 Å². The second kappa shape index (κ2) is 9.88. The Morgan fingerprint density at radius 2 is 1.92 bits per heavy atom. The molecule has 2 aromatic heterocycles. The second-order valence-corrected chi connectivity index (χ2v) is 12.9. The zero-order valence-corrected chi connectivity index (χ0v) is 21.7. The number of ketones is 1. The van der Waals surface area contributed by atoms with Crippen molar-refractivity contribution in [1.29, 1.82) is 0 Å². The molecule has 37 heavy (non-hydrogen) atoms. The van der Waals surface area contributed by atoms with E-state index >= 15 is 4.39 Å². The SMILES string of the molecule is O=C(Cc1ccc(-n2c(=O)[nH]c3cc(NCC4CC4)ccc3c2=O)c(F)c1)CS(=O)(=O)c1ccc(Cl)s1. The number of rotatable bonds is 9. The van der Waals surface area contributed by atoms with Crippen LogP contribution in [0.4, 0.5) is 10.1 Å². The lowest BCUT2D eigenvalue weighted by Crippen LogP contribution is -2.34. The molecule has 8 nitrogen and oxygen atoms in total. The summed E-state index contributed by atoms with van der Waals surface area (Å²) in [7, 11) is -3.86. The van der Waals surface area contributed by atoms with E-state index in [1.54, 1.807) is 18.2 Å². The van der Waals surface area contributed by atoms with Crippen molar-refractivity contribution in [1.82, 2.24) is 9.55 Å². The first-order valence-corrected chi connectivity index (χ1v) is 14.3. The molecule has 1 aliphatic rings. The van der Waals surface area contributed by atoms with Gasteiger partial charge in [0.05, 0.1) is 20.9 Å². The van der Waals surface area contributed by atoms with Gasteiger partial charge in [0.1, 0.15) is 15.8 Å². The van der Waals surface area contributed by atoms with Gasteiger partial charge in [0, 0.05) is 18.7 Å². The van der Waals surface area contributed by atoms with E-state index < -0.39 is 38.4 Å². The zero-order valence-electron chi connectivity index (χ0n) is 19.3. The molecule has 0 unspecified atom stereocenters. The lowest BCUT2D eigenvalue weighted by molar-refractivity contribution is -0.116. The van der Waals surface area contributed by atoms with E-state index in [1.807, 2.05) is 0 Å². The van der Waals surface area contributed by atoms with E-state index in [9.17, 15) is 22.8 Å². The number of carbonyl (C=O) groups excluding carboxylic acids is 1. The van der Waals surface area contributed by atoms with Gasteiger partial charge in [-0.2, -0.15) is 0 Å². The third kappa shape index (κ3) is 5.53. The minimum Gasteiger partial charge on any atom is -0.385 e. The van der Waals surface area contributed by atoms with Crippen molar-refractivity contribution in [2.75, 3.05) is 17.6 Å². The van der Waals surface area contributed by atoms with Crippen molar-refractivity contribution in [3.05, 3.63) is 85.1 Å². The average Bonchev–Trinajstić information content (AvgIpc) is 3.55. The van der Waals surface area contributed by atoms with E-state index in [4.69, 9.17) is 11.6 Å². The number of nitrogens with zero attached hydrogens (tertiary/aromatic N) is 1. The van der Waals surface area contributed by atoms with Crippen LogP contribution < -0.4 is 16.6 Å². The Morgan fingerprint density at radius 1 is 1.14 bits per heavy atom. The van der Waals surface area contributed by atoms with Crippen LogP contribution in [0.3, 0.4) is 0 Å². The van der Waals surface area contributed by atoms with Crippen LogP contribution in [-0.4, -0.2) is 36.0 Å². The molecule has 1 aliphatic carbocycles. The van der Waals surface area contributed by atoms with Crippen LogP contribution in [0, 0.1) is 11.7 Å². The molecule has 192 valence electrons. The lowest BCUT2D eigenvalue weighted by Gasteiger charge is -2.11. The van der Waals surface area contributed by atoms with E-state index in [-0.39, 0.29) is 31.6 Å². The summed E-state index contributed by atoms with van der Waals surface area (Å²) in [4.78, 5) is 40.8. The number of fused-ring (bicyclic) bond motifs is 1. The monoisotopic (exact) mass is 561 g/mol. The number of nitrogens with one attached hydrogen (secondary N) is 2. The highest BCUT2D eigenvalue weighted by Crippen LogP contribution is 2.29. The number of sulfone groups is 1. The third-order valence-corrected chi connectivity index (χ3v) is 9.54. The zero-order chi connectivity index (χ0) is 26.3. The summed E-state index contributed by atoms with van der Waals surface area (Å²) in [6.07, 6.45) is 2.03. The van der Waals surface area contributed by atoms with Crippen molar-refractivity contribution in [3.63, 3.8) is 0 Å². The van der Waals surface area contributed by atoms with Crippen LogP contribution in [0.25, 0.3) is 16.6 Å². The van der Waals surface area contributed by atoms with E-state index in [2.05, 4.69) is 10.3 Å². The van der Waals surface area contributed by atoms with Crippen LogP contribution in [0.15, 0.2) is 62.3 Å². The largest absolute Gasteiger partial charge is 0.385 e. The molecule has 0 radical (unpaired) electrons. The van der Waals surface area contributed by atoms with Gasteiger partial charge in [-0.05, 0) is 66.8 Å². The predicted molar refractivity (Wildman–Crippen MR) is 141 cm³/mol. The molecule has 2 heterocycles. The van der Waals surface area contributed by atoms with Crippen molar-refractivity contribution in [2.24, 2.45) is 5.92 Å². The van der Waals surface area contributed by atoms with Crippen LogP contribution in [0.5, 0.6) is 0 Å². The molecule has 12 heteroatoms. The molecule has 0 bridgehead atoms. The Labute approximate surface area is 219 Å². The van der Waals surface area contributed by atoms with Crippen molar-refractivity contribution in [3.8, 4) is 5.69 Å². The highest BCUT2D eigenvalue weighted by Gasteiger charge is 2.23. The standard InChI is InChI=1S/C25H21ClFN3O5S2/c26-22-7-8-23(36-22)37(34,35)13-17(31)9-15-3-6-21(19(27)10-15)30-24(32)18-5-4-16(28-12-14-1-2-14)11-20(18)29-25(30)33/h3-8,10-11,14,28H,1-2,9,12-13H2,(H,29,33). The number of carbonyl (C=O) groups is 1. The predicted octanol–water partition coefficient (Wildman–Crippen LogP) is 3.94. The quantitative estimate of drug-likeness (QED) is 0.319. The number of aromatic amines is 1. The highest BCUT2D eigenvalue weighted by atomic mass is 35.5. The molecule has 1 saturated carbocycles. The molecule has 0 atom stereocenters. The van der Waals surface area contributed by atoms with E-state index in [0.717, 1.165) is 29.6 Å². The number of hydrogen-bond acceptors (Lipinski definition) is 7. The van der Waals surface area contributed by atoms with Gasteiger partial charge in [-0.1, -0.05) is 17.7 Å². The maximum atomic E-state index is 15.0. The number of hydrogen-bond donors (Lipinski definition) is 2. The maximum absolute atomic E-state index is 15.0. The molecular weight excluding hydrogens is 541 g/mol. The number of Topliss-reactive ketones (excluding diaryl/α,β-unsaturated/α-hetero) is 1. The lowest BCUT2D eigenvalue weighted by atomic mass is 10.1. The molecular formula is C25H21ClFN3O5S2. The number of halogens is 2. The van der Waals surface area contributed by atoms with Crippen molar-refractivity contribution >= 4 is 55.1 Å². The highest BCUT2D eigenvalue weighted by molar-refractivity contribution is 7.94. The number of thiophene rings is 1. The van der Waals surface area contributed by atoms with Crippen molar-refractivity contribution < 1.29 is 17.6 Å². The first-order chi connectivity index (χ1) is 17.6. The van der Waals surface area contributed by atoms with Gasteiger partial charge in [0.15, 0.2) is 15.6 Å². The van der Waals surface area contributed by atoms with Gasteiger partial charge >= 0.3 is 5.69 Å². The molecule has 0 spiro atoms. The summed E-state index contributed by atoms with van der Waals surface area (Å²) < 4.78 is 40.8. The maximum Gasteiger partial charge on any atom is 0.333 e. The van der Waals surface area contributed by atoms with E-state index in [0.29, 0.717) is 16.0 Å². The Morgan fingerprint density at radius 3 is 2.59 bits per heavy atom. The molecule has 1 fully saturated rings. The molecule has 0 saturated heterocycles. The summed E-state index contributed by atoms with van der Waals surface area (Å²) in [6, 6.07) is 11.4. The molecule has 0 aliphatic heterocycles. The number of H-pyrrole nitrogens is 1. The fourth-order valence-electron chi connectivity index (χ4n) is 4.00. The summed E-state index contributed by atoms with van der Waals surface area (Å²) >= 11 is 6.63. The average molecular weight is 562 g/mol. The van der Waals surface area contributed by atoms with Crippen molar-refractivity contribution in [2.45, 2.75) is 23.5 Å². The second-order valence-electron chi connectivity index (χ2n) is 8.97. The fourth-order valence-corrected chi connectivity index (χ4v) is 6.81. The number of aromatic nitrogens is 2. The number of benzene rings is 2. The third-order valence-electron chi connectivity index (χ3n) is 6.05. The van der Waals surface area contributed by atoms with E-state index in [1.165, 1.54) is 37.1 Å². The summed E-state index contributed by atoms with van der Waals surface area (Å²) in [5.74, 6) is -1.64. The Kier molecular flexibility index (Phi) is 6.78. The van der Waals surface area contributed by atoms with Crippen LogP contribution >= 0.6 is 22.9 Å². The van der Waals surface area contributed by atoms with Crippen LogP contribution in [-0.2, 0) is 21.1 Å². The van der Waals surface area contributed by atoms with Gasteiger partial charge < -0.3 is 10.3 Å². The molecule has 0 amide bonds. The number of anilines is 1. The Balaban J connectivity index is 1.37. The molecule has 2 aromatic carbocycles. The normalized spacial score (nSPS) is 13.7. The first-order valence-electron chi connectivity index (χ1n) is 11.4. The van der Waals surface area contributed by atoms with Gasteiger partial charge in [-0.3, -0.25) is 9.59 Å². The minimum absolute atomic E-state index is 0.0203. The van der Waals surface area contributed by atoms with Gasteiger partial charge in [-0.25, -0.2) is 22.2 Å². The molecule has 4 aromatic rings. The molecule has 5 rings (SSSR count). The summed E-state index contributed by atoms with van der Waals surface area (Å²) in [6.45, 7) is 0.821. The van der Waals surface area contributed by atoms with Gasteiger partial charge in [-0.15, -0.1) is 11.3 Å². The van der Waals surface area contributed by atoms with Gasteiger partial charge in [0.25, 0.3) is 5.56 Å². The summed E-state index contributed by atoms with van der Waals surface area (Å²) in [5, 5.41) is 3.49. The summed E-state index contributed by atoms with van der Waals surface area (Å²) in [5.41, 5.74) is -0.445. The topological polar surface area (TPSA) is 118 Å². The molecule has 2 N–H and O–H groups in total.